The predicted molar refractivity (Wildman–Crippen MR) is 119 cm³/mol. The maximum atomic E-state index is 3.91. The average molecular weight is 362 g/mol. The van der Waals surface area contributed by atoms with Crippen molar-refractivity contribution in [1.29, 1.82) is 0 Å². The lowest BCUT2D eigenvalue weighted by molar-refractivity contribution is -0.368. The summed E-state index contributed by atoms with van der Waals surface area (Å²) >= 11 is 0. The van der Waals surface area contributed by atoms with Gasteiger partial charge in [0.25, 0.3) is 0 Å². The molecule has 0 spiro atoms. The van der Waals surface area contributed by atoms with Crippen LogP contribution in [0.5, 0.6) is 0 Å². The van der Waals surface area contributed by atoms with Crippen LogP contribution in [-0.2, 0) is 6.54 Å². The molecule has 4 aromatic carbocycles. The summed E-state index contributed by atoms with van der Waals surface area (Å²) in [5, 5.41) is 11.9. The minimum Gasteiger partial charge on any atom is -0.358 e. The van der Waals surface area contributed by atoms with Crippen LogP contribution in [0.1, 0.15) is 45.1 Å². The molecule has 0 aliphatic rings. The summed E-state index contributed by atoms with van der Waals surface area (Å²) < 4.78 is 0. The first kappa shape index (κ1) is 19.6. The molecule has 0 fully saturated rings. The maximum absolute atomic E-state index is 3.91. The van der Waals surface area contributed by atoms with E-state index in [1.807, 2.05) is 13.8 Å². The van der Waals surface area contributed by atoms with Gasteiger partial charge in [-0.1, -0.05) is 74.9 Å². The molecule has 0 saturated heterocycles. The van der Waals surface area contributed by atoms with E-state index in [0.717, 1.165) is 19.6 Å². The Balaban J connectivity index is 0.00000102. The summed E-state index contributed by atoms with van der Waals surface area (Å²) in [4.78, 5) is 0. The molecule has 0 bridgehead atoms. The zero-order chi connectivity index (χ0) is 19.1. The first-order valence-corrected chi connectivity index (χ1v) is 10.5. The highest BCUT2D eigenvalue weighted by molar-refractivity contribution is 6.23. The Morgan fingerprint density at radius 2 is 1.33 bits per heavy atom. The highest BCUT2D eigenvalue weighted by Crippen LogP contribution is 2.35. The number of unbranched alkanes of at least 4 members (excludes halogenated alkanes) is 3. The zero-order valence-corrected chi connectivity index (χ0v) is 16.9. The average Bonchev–Trinajstić information content (AvgIpc) is 2.73. The second kappa shape index (κ2) is 9.68. The lowest BCUT2D eigenvalue weighted by Gasteiger charge is -2.14. The molecule has 0 heterocycles. The van der Waals surface area contributed by atoms with Crippen LogP contribution >= 0.6 is 0 Å². The van der Waals surface area contributed by atoms with Crippen molar-refractivity contribution in [3.63, 3.8) is 0 Å². The Bertz CT molecular complexity index is 958. The van der Waals surface area contributed by atoms with Gasteiger partial charge in [-0.05, 0) is 63.7 Å². The van der Waals surface area contributed by atoms with Gasteiger partial charge in [-0.15, -0.1) is 0 Å². The van der Waals surface area contributed by atoms with Gasteiger partial charge in [0.15, 0.2) is 0 Å². The summed E-state index contributed by atoms with van der Waals surface area (Å²) in [6.45, 7) is 7.11. The van der Waals surface area contributed by atoms with Crippen LogP contribution in [-0.4, -0.2) is 13.1 Å². The van der Waals surface area contributed by atoms with Crippen molar-refractivity contribution in [2.24, 2.45) is 0 Å². The third-order valence-corrected chi connectivity index (χ3v) is 5.29. The summed E-state index contributed by atoms with van der Waals surface area (Å²) in [6, 6.07) is 20.2. The third kappa shape index (κ3) is 4.23. The molecule has 4 N–H and O–H groups in total. The highest BCUT2D eigenvalue weighted by atomic mass is 14.8. The molecule has 0 unspecified atom stereocenters. The Labute approximate surface area is 163 Å². The van der Waals surface area contributed by atoms with Gasteiger partial charge < -0.3 is 11.1 Å². The minimum absolute atomic E-state index is 0.948. The minimum atomic E-state index is 0.948. The van der Waals surface area contributed by atoms with Gasteiger partial charge in [0.05, 0.1) is 6.54 Å². The van der Waals surface area contributed by atoms with E-state index >= 15 is 0 Å². The van der Waals surface area contributed by atoms with Crippen molar-refractivity contribution in [2.45, 2.75) is 46.1 Å². The first-order valence-electron chi connectivity index (χ1n) is 10.5. The number of hydrogen-bond acceptors (Lipinski definition) is 1. The van der Waals surface area contributed by atoms with Crippen LogP contribution < -0.4 is 11.1 Å². The van der Waals surface area contributed by atoms with E-state index in [-0.39, 0.29) is 0 Å². The predicted octanol–water partition coefficient (Wildman–Crippen LogP) is 5.50. The Morgan fingerprint density at radius 1 is 0.704 bits per heavy atom. The van der Waals surface area contributed by atoms with Crippen LogP contribution in [0.25, 0.3) is 32.3 Å². The fraction of sp³-hybridized carbons (Fsp3) is 0.360. The van der Waals surface area contributed by atoms with E-state index < -0.39 is 0 Å². The van der Waals surface area contributed by atoms with Crippen molar-refractivity contribution in [2.75, 3.05) is 13.1 Å². The van der Waals surface area contributed by atoms with Gasteiger partial charge >= 0.3 is 0 Å². The molecule has 0 aliphatic carbocycles. The molecule has 0 amide bonds. The Kier molecular flexibility index (Phi) is 7.03. The van der Waals surface area contributed by atoms with Gasteiger partial charge in [0.2, 0.25) is 0 Å². The van der Waals surface area contributed by atoms with E-state index in [1.165, 1.54) is 63.6 Å². The van der Waals surface area contributed by atoms with E-state index in [0.29, 0.717) is 0 Å². The molecule has 4 rings (SSSR count). The molecule has 0 saturated carbocycles. The summed E-state index contributed by atoms with van der Waals surface area (Å²) in [7, 11) is 0. The van der Waals surface area contributed by atoms with Gasteiger partial charge in [-0.3, -0.25) is 0 Å². The standard InChI is InChI=1S/C23H26N2.C2H6/c24-14-3-1-2-4-15-25-16-20-11-10-19-9-8-17-6-5-7-18-12-13-21(20)23(19)22(17)18;1-2/h5-13,25H,1-4,14-16,24H2;1-2H3/p+1. The van der Waals surface area contributed by atoms with Crippen LogP contribution in [0.15, 0.2) is 54.6 Å². The van der Waals surface area contributed by atoms with Crippen molar-refractivity contribution in [3.05, 3.63) is 60.2 Å². The largest absolute Gasteiger partial charge is 0.358 e. The third-order valence-electron chi connectivity index (χ3n) is 5.29. The van der Waals surface area contributed by atoms with Gasteiger partial charge in [0.1, 0.15) is 0 Å². The molecule has 0 aliphatic heterocycles. The second-order valence-corrected chi connectivity index (χ2v) is 7.03. The van der Waals surface area contributed by atoms with Gasteiger partial charge in [0, 0.05) is 6.54 Å². The van der Waals surface area contributed by atoms with Crippen molar-refractivity contribution >= 4 is 32.3 Å². The molecule has 0 atom stereocenters. The number of hydrogen-bond donors (Lipinski definition) is 2. The molecule has 0 radical (unpaired) electrons. The lowest BCUT2D eigenvalue weighted by Crippen LogP contribution is -2.50. The van der Waals surface area contributed by atoms with E-state index in [9.17, 15) is 0 Å². The lowest BCUT2D eigenvalue weighted by atomic mass is 9.92. The molecule has 0 aromatic heterocycles. The fourth-order valence-corrected chi connectivity index (χ4v) is 3.95. The number of rotatable bonds is 8. The molecule has 4 aromatic rings. The summed E-state index contributed by atoms with van der Waals surface area (Å²) in [5.41, 5.74) is 5.31. The van der Waals surface area contributed by atoms with Crippen molar-refractivity contribution < 1.29 is 5.73 Å². The first-order chi connectivity index (χ1) is 13.4. The molecular weight excluding hydrogens is 328 g/mol. The Hall–Kier alpha value is -2.16. The molecular formula is C25H33N2+. The molecule has 2 nitrogen and oxygen atoms in total. The van der Waals surface area contributed by atoms with Crippen molar-refractivity contribution in [1.82, 2.24) is 5.32 Å². The summed E-state index contributed by atoms with van der Waals surface area (Å²) in [5.74, 6) is 0. The SMILES string of the molecule is CC.[NH3+]CCCCCCNCc1ccc2ccc3cccc4ccc1c2c34. The monoisotopic (exact) mass is 361 g/mol. The molecule has 142 valence electrons. The number of benzene rings is 4. The normalized spacial score (nSPS) is 11.2. The number of nitrogens with one attached hydrogen (secondary N) is 1. The van der Waals surface area contributed by atoms with Crippen LogP contribution in [0.4, 0.5) is 0 Å². The van der Waals surface area contributed by atoms with Gasteiger partial charge in [-0.25, -0.2) is 0 Å². The van der Waals surface area contributed by atoms with Gasteiger partial charge in [-0.2, -0.15) is 0 Å². The molecule has 2 heteroatoms. The van der Waals surface area contributed by atoms with E-state index in [1.54, 1.807) is 0 Å². The Morgan fingerprint density at radius 3 is 2.07 bits per heavy atom. The fourth-order valence-electron chi connectivity index (χ4n) is 3.95. The smallest absolute Gasteiger partial charge is 0.0739 e. The van der Waals surface area contributed by atoms with Crippen LogP contribution in [0.3, 0.4) is 0 Å². The van der Waals surface area contributed by atoms with Crippen molar-refractivity contribution in [3.8, 4) is 0 Å². The van der Waals surface area contributed by atoms with E-state index in [4.69, 9.17) is 0 Å². The quantitative estimate of drug-likeness (QED) is 0.315. The highest BCUT2D eigenvalue weighted by Gasteiger charge is 2.10. The summed E-state index contributed by atoms with van der Waals surface area (Å²) in [6.07, 6.45) is 5.13. The molecule has 27 heavy (non-hydrogen) atoms. The van der Waals surface area contributed by atoms with Crippen LogP contribution in [0.2, 0.25) is 0 Å². The zero-order valence-electron chi connectivity index (χ0n) is 16.9. The maximum Gasteiger partial charge on any atom is 0.0739 e. The topological polar surface area (TPSA) is 39.7 Å². The second-order valence-electron chi connectivity index (χ2n) is 7.03. The number of quaternary nitrogens is 1. The van der Waals surface area contributed by atoms with Crippen LogP contribution in [0, 0.1) is 0 Å². The van der Waals surface area contributed by atoms with E-state index in [2.05, 4.69) is 65.6 Å².